The van der Waals surface area contributed by atoms with E-state index < -0.39 is 11.7 Å². The van der Waals surface area contributed by atoms with Crippen molar-refractivity contribution in [2.24, 2.45) is 7.05 Å². The molecule has 0 fully saturated rings. The summed E-state index contributed by atoms with van der Waals surface area (Å²) in [5, 5.41) is 3.50. The molecule has 2 aromatic carbocycles. The minimum absolute atomic E-state index is 0.316. The second kappa shape index (κ2) is 6.20. The number of halogens is 4. The Kier molecular flexibility index (Phi) is 4.24. The van der Waals surface area contributed by atoms with Crippen LogP contribution in [0.2, 0.25) is 5.02 Å². The van der Waals surface area contributed by atoms with Gasteiger partial charge < -0.3 is 9.88 Å². The van der Waals surface area contributed by atoms with E-state index in [9.17, 15) is 13.2 Å². The van der Waals surface area contributed by atoms with Crippen molar-refractivity contribution in [1.82, 2.24) is 9.55 Å². The molecule has 0 aliphatic rings. The first-order valence-electron chi connectivity index (χ1n) is 7.06. The second-order valence-corrected chi connectivity index (χ2v) is 5.71. The molecule has 0 aliphatic heterocycles. The highest BCUT2D eigenvalue weighted by Crippen LogP contribution is 2.31. The van der Waals surface area contributed by atoms with Crippen molar-refractivity contribution in [2.75, 3.05) is 5.32 Å². The van der Waals surface area contributed by atoms with E-state index in [0.29, 0.717) is 22.4 Å². The first-order valence-corrected chi connectivity index (χ1v) is 7.44. The molecule has 0 radical (unpaired) electrons. The summed E-state index contributed by atoms with van der Waals surface area (Å²) in [6, 6.07) is 12.2. The standard InChI is InChI=1S/C17H13ClF3N3/c1-24-10-15(11-4-2-6-13(18)8-11)23-16(24)22-14-7-3-5-12(9-14)17(19,20)21/h2-10H,1H3,(H,22,23). The van der Waals surface area contributed by atoms with Crippen LogP contribution in [0.1, 0.15) is 5.56 Å². The van der Waals surface area contributed by atoms with E-state index in [1.165, 1.54) is 6.07 Å². The molecular formula is C17H13ClF3N3. The summed E-state index contributed by atoms with van der Waals surface area (Å²) in [7, 11) is 1.76. The summed E-state index contributed by atoms with van der Waals surface area (Å²) >= 11 is 5.97. The van der Waals surface area contributed by atoms with Crippen LogP contribution in [0, 0.1) is 0 Å². The predicted octanol–water partition coefficient (Wildman–Crippen LogP) is 5.50. The Hall–Kier alpha value is -2.47. The van der Waals surface area contributed by atoms with E-state index in [0.717, 1.165) is 17.7 Å². The number of hydrogen-bond acceptors (Lipinski definition) is 2. The number of hydrogen-bond donors (Lipinski definition) is 1. The number of imidazole rings is 1. The van der Waals surface area contributed by atoms with Crippen molar-refractivity contribution in [3.05, 3.63) is 65.3 Å². The normalized spacial score (nSPS) is 11.5. The number of aryl methyl sites for hydroxylation is 1. The quantitative estimate of drug-likeness (QED) is 0.675. The van der Waals surface area contributed by atoms with Gasteiger partial charge in [0.15, 0.2) is 0 Å². The van der Waals surface area contributed by atoms with Gasteiger partial charge in [-0.2, -0.15) is 13.2 Å². The summed E-state index contributed by atoms with van der Waals surface area (Å²) < 4.78 is 40.1. The molecule has 0 spiro atoms. The molecule has 0 amide bonds. The topological polar surface area (TPSA) is 29.9 Å². The minimum atomic E-state index is -4.38. The van der Waals surface area contributed by atoms with Gasteiger partial charge in [-0.15, -0.1) is 0 Å². The lowest BCUT2D eigenvalue weighted by Crippen LogP contribution is -2.06. The maximum Gasteiger partial charge on any atom is 0.416 e. The van der Waals surface area contributed by atoms with Crippen molar-refractivity contribution < 1.29 is 13.2 Å². The SMILES string of the molecule is Cn1cc(-c2cccc(Cl)c2)nc1Nc1cccc(C(F)(F)F)c1. The largest absolute Gasteiger partial charge is 0.416 e. The van der Waals surface area contributed by atoms with Gasteiger partial charge in [-0.05, 0) is 30.3 Å². The third kappa shape index (κ3) is 3.54. The first-order chi connectivity index (χ1) is 11.3. The number of nitrogens with one attached hydrogen (secondary N) is 1. The Morgan fingerprint density at radius 1 is 1.08 bits per heavy atom. The number of rotatable bonds is 3. The highest BCUT2D eigenvalue weighted by Gasteiger charge is 2.30. The molecule has 3 rings (SSSR count). The molecule has 24 heavy (non-hydrogen) atoms. The van der Waals surface area contributed by atoms with E-state index in [4.69, 9.17) is 11.6 Å². The molecule has 0 aliphatic carbocycles. The lowest BCUT2D eigenvalue weighted by molar-refractivity contribution is -0.137. The molecule has 1 N–H and O–H groups in total. The third-order valence-electron chi connectivity index (χ3n) is 3.44. The molecule has 7 heteroatoms. The fourth-order valence-electron chi connectivity index (χ4n) is 2.27. The van der Waals surface area contributed by atoms with Crippen LogP contribution in [-0.4, -0.2) is 9.55 Å². The molecule has 1 aromatic heterocycles. The van der Waals surface area contributed by atoms with Crippen molar-refractivity contribution in [2.45, 2.75) is 6.18 Å². The molecule has 124 valence electrons. The van der Waals surface area contributed by atoms with Crippen LogP contribution < -0.4 is 5.32 Å². The van der Waals surface area contributed by atoms with E-state index >= 15 is 0 Å². The number of anilines is 2. The maximum absolute atomic E-state index is 12.8. The van der Waals surface area contributed by atoms with E-state index in [1.807, 2.05) is 12.1 Å². The fourth-order valence-corrected chi connectivity index (χ4v) is 2.46. The van der Waals surface area contributed by atoms with Crippen molar-refractivity contribution in [3.8, 4) is 11.3 Å². The van der Waals surface area contributed by atoms with Crippen molar-refractivity contribution in [1.29, 1.82) is 0 Å². The Morgan fingerprint density at radius 2 is 1.83 bits per heavy atom. The Bertz CT molecular complexity index is 872. The van der Waals surface area contributed by atoms with Crippen LogP contribution in [0.15, 0.2) is 54.7 Å². The molecule has 1 heterocycles. The Morgan fingerprint density at radius 3 is 2.54 bits per heavy atom. The molecule has 3 aromatic rings. The van der Waals surface area contributed by atoms with Crippen LogP contribution >= 0.6 is 11.6 Å². The van der Waals surface area contributed by atoms with Crippen LogP contribution in [0.3, 0.4) is 0 Å². The van der Waals surface area contributed by atoms with Crippen LogP contribution in [0.25, 0.3) is 11.3 Å². The van der Waals surface area contributed by atoms with E-state index in [1.54, 1.807) is 36.0 Å². The van der Waals surface area contributed by atoms with Gasteiger partial charge in [0.25, 0.3) is 0 Å². The molecule has 0 saturated heterocycles. The zero-order valence-electron chi connectivity index (χ0n) is 12.6. The number of aromatic nitrogens is 2. The van der Waals surface area contributed by atoms with Gasteiger partial charge in [0.2, 0.25) is 5.95 Å². The summed E-state index contributed by atoms with van der Waals surface area (Å²) in [5.74, 6) is 0.435. The zero-order chi connectivity index (χ0) is 17.3. The number of alkyl halides is 3. The van der Waals surface area contributed by atoms with Gasteiger partial charge in [0, 0.05) is 29.5 Å². The Labute approximate surface area is 141 Å². The van der Waals surface area contributed by atoms with Crippen LogP contribution in [-0.2, 0) is 13.2 Å². The summed E-state index contributed by atoms with van der Waals surface area (Å²) in [5.41, 5.74) is 1.11. The van der Waals surface area contributed by atoms with Gasteiger partial charge in [-0.25, -0.2) is 4.98 Å². The van der Waals surface area contributed by atoms with Crippen molar-refractivity contribution >= 4 is 23.2 Å². The van der Waals surface area contributed by atoms with Crippen LogP contribution in [0.4, 0.5) is 24.8 Å². The second-order valence-electron chi connectivity index (χ2n) is 5.27. The number of nitrogens with zero attached hydrogens (tertiary/aromatic N) is 2. The summed E-state index contributed by atoms with van der Waals surface area (Å²) in [6.07, 6.45) is -2.60. The molecular weight excluding hydrogens is 339 g/mol. The lowest BCUT2D eigenvalue weighted by atomic mass is 10.2. The maximum atomic E-state index is 12.8. The fraction of sp³-hybridized carbons (Fsp3) is 0.118. The average Bonchev–Trinajstić information content (AvgIpc) is 2.88. The van der Waals surface area contributed by atoms with Gasteiger partial charge in [-0.3, -0.25) is 0 Å². The monoisotopic (exact) mass is 351 g/mol. The van der Waals surface area contributed by atoms with Gasteiger partial charge >= 0.3 is 6.18 Å². The summed E-state index contributed by atoms with van der Waals surface area (Å²) in [6.45, 7) is 0. The first kappa shape index (κ1) is 16.4. The Balaban J connectivity index is 1.89. The molecule has 3 nitrogen and oxygen atoms in total. The minimum Gasteiger partial charge on any atom is -0.326 e. The van der Waals surface area contributed by atoms with Gasteiger partial charge in [0.05, 0.1) is 11.3 Å². The van der Waals surface area contributed by atoms with Crippen LogP contribution in [0.5, 0.6) is 0 Å². The third-order valence-corrected chi connectivity index (χ3v) is 3.68. The highest BCUT2D eigenvalue weighted by molar-refractivity contribution is 6.30. The zero-order valence-corrected chi connectivity index (χ0v) is 13.4. The average molecular weight is 352 g/mol. The van der Waals surface area contributed by atoms with E-state index in [-0.39, 0.29) is 0 Å². The van der Waals surface area contributed by atoms with Gasteiger partial charge in [0.1, 0.15) is 0 Å². The molecule has 0 unspecified atom stereocenters. The molecule has 0 bridgehead atoms. The lowest BCUT2D eigenvalue weighted by Gasteiger charge is -2.10. The van der Waals surface area contributed by atoms with Gasteiger partial charge in [-0.1, -0.05) is 29.8 Å². The smallest absolute Gasteiger partial charge is 0.326 e. The van der Waals surface area contributed by atoms with E-state index in [2.05, 4.69) is 10.3 Å². The molecule has 0 atom stereocenters. The molecule has 0 saturated carbocycles. The highest BCUT2D eigenvalue weighted by atomic mass is 35.5. The summed E-state index contributed by atoms with van der Waals surface area (Å²) in [4.78, 5) is 4.42. The predicted molar refractivity (Wildman–Crippen MR) is 88.4 cm³/mol. The van der Waals surface area contributed by atoms with Crippen molar-refractivity contribution in [3.63, 3.8) is 0 Å². The number of benzene rings is 2.